The van der Waals surface area contributed by atoms with Gasteiger partial charge in [-0.1, -0.05) is 24.3 Å². The minimum absolute atomic E-state index is 0.316. The van der Waals surface area contributed by atoms with Gasteiger partial charge in [-0.05, 0) is 24.7 Å². The number of hydrogen-bond acceptors (Lipinski definition) is 2. The maximum absolute atomic E-state index is 10.6. The lowest BCUT2D eigenvalue weighted by Crippen LogP contribution is -2.03. The van der Waals surface area contributed by atoms with Gasteiger partial charge in [0.25, 0.3) is 0 Å². The summed E-state index contributed by atoms with van der Waals surface area (Å²) in [6.45, 7) is 0.775. The van der Waals surface area contributed by atoms with Gasteiger partial charge >= 0.3 is 5.97 Å². The van der Waals surface area contributed by atoms with Crippen LogP contribution in [-0.2, 0) is 0 Å². The topological polar surface area (TPSA) is 49.3 Å². The van der Waals surface area contributed by atoms with Gasteiger partial charge in [-0.25, -0.2) is 4.79 Å². The molecule has 0 radical (unpaired) electrons. The van der Waals surface area contributed by atoms with Crippen LogP contribution in [0.3, 0.4) is 0 Å². The van der Waals surface area contributed by atoms with E-state index in [1.807, 2.05) is 25.3 Å². The number of benzene rings is 1. The summed E-state index contributed by atoms with van der Waals surface area (Å²) in [5, 5.41) is 11.7. The molecule has 0 amide bonds. The number of hydrogen-bond donors (Lipinski definition) is 2. The molecule has 1 aromatic carbocycles. The van der Waals surface area contributed by atoms with E-state index in [1.54, 1.807) is 18.2 Å². The van der Waals surface area contributed by atoms with E-state index in [2.05, 4.69) is 5.32 Å². The van der Waals surface area contributed by atoms with Crippen LogP contribution in [0, 0.1) is 0 Å². The molecule has 0 fully saturated rings. The third kappa shape index (κ3) is 3.03. The molecule has 0 aliphatic heterocycles. The molecule has 0 saturated carbocycles. The highest BCUT2D eigenvalue weighted by molar-refractivity contribution is 5.88. The first-order chi connectivity index (χ1) is 6.74. The number of likely N-dealkylation sites (N-methyl/N-ethyl adjacent to an activating group) is 1. The van der Waals surface area contributed by atoms with Crippen molar-refractivity contribution in [2.45, 2.75) is 0 Å². The van der Waals surface area contributed by atoms with Gasteiger partial charge in [0.2, 0.25) is 0 Å². The molecular formula is C11H13NO2. The van der Waals surface area contributed by atoms with Crippen LogP contribution in [0.15, 0.2) is 30.3 Å². The third-order valence-electron chi connectivity index (χ3n) is 1.77. The number of carboxylic acid groups (broad SMARTS) is 1. The van der Waals surface area contributed by atoms with Gasteiger partial charge in [0.15, 0.2) is 0 Å². The van der Waals surface area contributed by atoms with E-state index in [4.69, 9.17) is 5.11 Å². The van der Waals surface area contributed by atoms with Crippen molar-refractivity contribution in [1.82, 2.24) is 5.32 Å². The van der Waals surface area contributed by atoms with Gasteiger partial charge in [-0.3, -0.25) is 0 Å². The Kier molecular flexibility index (Phi) is 3.88. The lowest BCUT2D eigenvalue weighted by Gasteiger charge is -1.96. The Labute approximate surface area is 83.1 Å². The van der Waals surface area contributed by atoms with E-state index in [9.17, 15) is 4.79 Å². The monoisotopic (exact) mass is 191 g/mol. The Balaban J connectivity index is 2.78. The predicted molar refractivity (Wildman–Crippen MR) is 56.4 cm³/mol. The van der Waals surface area contributed by atoms with Gasteiger partial charge in [0.1, 0.15) is 0 Å². The third-order valence-corrected chi connectivity index (χ3v) is 1.77. The molecule has 0 bridgehead atoms. The molecule has 0 heterocycles. The second-order valence-electron chi connectivity index (χ2n) is 2.89. The molecule has 3 nitrogen and oxygen atoms in total. The average molecular weight is 191 g/mol. The first-order valence-corrected chi connectivity index (χ1v) is 4.38. The lowest BCUT2D eigenvalue weighted by atomic mass is 10.1. The molecule has 0 unspecified atom stereocenters. The van der Waals surface area contributed by atoms with Crippen LogP contribution in [0.5, 0.6) is 0 Å². The van der Waals surface area contributed by atoms with E-state index in [-0.39, 0.29) is 0 Å². The summed E-state index contributed by atoms with van der Waals surface area (Å²) in [7, 11) is 1.86. The summed E-state index contributed by atoms with van der Waals surface area (Å²) in [6.07, 6.45) is 3.84. The Morgan fingerprint density at radius 1 is 1.57 bits per heavy atom. The van der Waals surface area contributed by atoms with E-state index in [1.165, 1.54) is 0 Å². The predicted octanol–water partition coefficient (Wildman–Crippen LogP) is 1.62. The first kappa shape index (κ1) is 10.5. The van der Waals surface area contributed by atoms with E-state index < -0.39 is 5.97 Å². The molecule has 1 aromatic rings. The molecule has 0 spiro atoms. The molecule has 0 atom stereocenters. The second kappa shape index (κ2) is 5.19. The van der Waals surface area contributed by atoms with Crippen molar-refractivity contribution >= 4 is 12.0 Å². The normalized spacial score (nSPS) is 10.6. The standard InChI is InChI=1S/C11H13NO2/c1-12-7-3-5-9-4-2-6-10(8-9)11(13)14/h2-6,8,12H,7H2,1H3,(H,13,14). The van der Waals surface area contributed by atoms with E-state index >= 15 is 0 Å². The zero-order valence-electron chi connectivity index (χ0n) is 8.03. The van der Waals surface area contributed by atoms with Crippen molar-refractivity contribution in [1.29, 1.82) is 0 Å². The fourth-order valence-corrected chi connectivity index (χ4v) is 1.09. The van der Waals surface area contributed by atoms with Crippen molar-refractivity contribution in [3.63, 3.8) is 0 Å². The van der Waals surface area contributed by atoms with Crippen molar-refractivity contribution in [2.24, 2.45) is 0 Å². The Bertz CT molecular complexity index is 345. The van der Waals surface area contributed by atoms with Crippen LogP contribution in [0.4, 0.5) is 0 Å². The maximum Gasteiger partial charge on any atom is 0.335 e. The SMILES string of the molecule is CNCC=Cc1cccc(C(=O)O)c1. The summed E-state index contributed by atoms with van der Waals surface area (Å²) < 4.78 is 0. The van der Waals surface area contributed by atoms with Gasteiger partial charge in [0, 0.05) is 6.54 Å². The highest BCUT2D eigenvalue weighted by Crippen LogP contribution is 2.06. The van der Waals surface area contributed by atoms with Crippen LogP contribution in [-0.4, -0.2) is 24.7 Å². The Morgan fingerprint density at radius 3 is 3.00 bits per heavy atom. The van der Waals surface area contributed by atoms with Gasteiger partial charge < -0.3 is 10.4 Å². The highest BCUT2D eigenvalue weighted by Gasteiger charge is 2.00. The van der Waals surface area contributed by atoms with Crippen LogP contribution >= 0.6 is 0 Å². The quantitative estimate of drug-likeness (QED) is 0.760. The minimum Gasteiger partial charge on any atom is -0.478 e. The zero-order chi connectivity index (χ0) is 10.4. The molecule has 74 valence electrons. The van der Waals surface area contributed by atoms with Gasteiger partial charge in [0.05, 0.1) is 5.56 Å². The molecule has 0 aliphatic carbocycles. The van der Waals surface area contributed by atoms with Gasteiger partial charge in [-0.2, -0.15) is 0 Å². The fraction of sp³-hybridized carbons (Fsp3) is 0.182. The molecule has 1 rings (SSSR count). The molecular weight excluding hydrogens is 178 g/mol. The summed E-state index contributed by atoms with van der Waals surface area (Å²) in [5.74, 6) is -0.895. The number of nitrogens with one attached hydrogen (secondary N) is 1. The van der Waals surface area contributed by atoms with Crippen LogP contribution in [0.2, 0.25) is 0 Å². The van der Waals surface area contributed by atoms with Crippen LogP contribution in [0.1, 0.15) is 15.9 Å². The Morgan fingerprint density at radius 2 is 2.36 bits per heavy atom. The number of carbonyl (C=O) groups is 1. The average Bonchev–Trinajstić information content (AvgIpc) is 2.19. The highest BCUT2D eigenvalue weighted by atomic mass is 16.4. The smallest absolute Gasteiger partial charge is 0.335 e. The van der Waals surface area contributed by atoms with Crippen LogP contribution in [0.25, 0.3) is 6.08 Å². The van der Waals surface area contributed by atoms with Crippen molar-refractivity contribution in [3.8, 4) is 0 Å². The molecule has 3 heteroatoms. The first-order valence-electron chi connectivity index (χ1n) is 4.38. The summed E-state index contributed by atoms with van der Waals surface area (Å²) in [5.41, 5.74) is 1.22. The lowest BCUT2D eigenvalue weighted by molar-refractivity contribution is 0.0697. The van der Waals surface area contributed by atoms with E-state index in [0.717, 1.165) is 12.1 Å². The number of aromatic carboxylic acids is 1. The zero-order valence-corrected chi connectivity index (χ0v) is 8.03. The van der Waals surface area contributed by atoms with Crippen molar-refractivity contribution in [3.05, 3.63) is 41.5 Å². The molecule has 2 N–H and O–H groups in total. The fourth-order valence-electron chi connectivity index (χ4n) is 1.09. The van der Waals surface area contributed by atoms with Gasteiger partial charge in [-0.15, -0.1) is 0 Å². The largest absolute Gasteiger partial charge is 0.478 e. The molecule has 14 heavy (non-hydrogen) atoms. The second-order valence-corrected chi connectivity index (χ2v) is 2.89. The van der Waals surface area contributed by atoms with Crippen molar-refractivity contribution < 1.29 is 9.90 Å². The number of carboxylic acids is 1. The minimum atomic E-state index is -0.895. The number of rotatable bonds is 4. The molecule has 0 saturated heterocycles. The summed E-state index contributed by atoms with van der Waals surface area (Å²) in [4.78, 5) is 10.6. The van der Waals surface area contributed by atoms with E-state index in [0.29, 0.717) is 5.56 Å². The summed E-state index contributed by atoms with van der Waals surface area (Å²) >= 11 is 0. The molecule has 0 aliphatic rings. The molecule has 0 aromatic heterocycles. The maximum atomic E-state index is 10.6. The Hall–Kier alpha value is -1.61. The van der Waals surface area contributed by atoms with Crippen molar-refractivity contribution in [2.75, 3.05) is 13.6 Å². The van der Waals surface area contributed by atoms with Crippen LogP contribution < -0.4 is 5.32 Å². The summed E-state index contributed by atoms with van der Waals surface area (Å²) in [6, 6.07) is 6.84.